The van der Waals surface area contributed by atoms with Crippen molar-refractivity contribution in [3.8, 4) is 0 Å². The summed E-state index contributed by atoms with van der Waals surface area (Å²) in [6.45, 7) is 1.99. The van der Waals surface area contributed by atoms with Crippen molar-refractivity contribution in [3.63, 3.8) is 0 Å². The molecule has 1 N–H and O–H groups in total. The first-order valence-electron chi connectivity index (χ1n) is 12.5. The second-order valence-corrected chi connectivity index (χ2v) is 9.25. The van der Waals surface area contributed by atoms with Crippen molar-refractivity contribution >= 4 is 34.2 Å². The zero-order valence-electron chi connectivity index (χ0n) is 20.9. The van der Waals surface area contributed by atoms with Crippen molar-refractivity contribution in [2.75, 3.05) is 6.61 Å². The van der Waals surface area contributed by atoms with Gasteiger partial charge < -0.3 is 14.6 Å². The summed E-state index contributed by atoms with van der Waals surface area (Å²) in [5.41, 5.74) is 3.46. The first-order chi connectivity index (χ1) is 18.6. The molecule has 0 spiro atoms. The Morgan fingerprint density at radius 1 is 0.842 bits per heavy atom. The maximum atomic E-state index is 13.1. The van der Waals surface area contributed by atoms with E-state index < -0.39 is 11.6 Å². The summed E-state index contributed by atoms with van der Waals surface area (Å²) in [5.74, 6) is -0.535. The second-order valence-electron chi connectivity index (χ2n) is 8.81. The molecule has 0 aliphatic rings. The Bertz CT molecular complexity index is 1450. The summed E-state index contributed by atoms with van der Waals surface area (Å²) in [5, 5.41) is 6.07. The van der Waals surface area contributed by atoms with E-state index in [0.717, 1.165) is 33.2 Å². The molecule has 1 heterocycles. The molecule has 5 nitrogen and oxygen atoms in total. The molecule has 4 aromatic carbocycles. The molecule has 5 aromatic rings. The van der Waals surface area contributed by atoms with Crippen molar-refractivity contribution < 1.29 is 14.4 Å². The maximum Gasteiger partial charge on any atom is 0.356 e. The topological polar surface area (TPSA) is 63.7 Å². The van der Waals surface area contributed by atoms with Gasteiger partial charge in [-0.15, -0.1) is 0 Å². The Balaban J connectivity index is 1.65. The zero-order valence-corrected chi connectivity index (χ0v) is 21.7. The molecule has 0 saturated heterocycles. The fraction of sp³-hybridized carbons (Fsp3) is 0.125. The number of carbonyl (C=O) groups is 1. The largest absolute Gasteiger partial charge is 0.461 e. The summed E-state index contributed by atoms with van der Waals surface area (Å²) < 4.78 is 5.38. The average molecular weight is 523 g/mol. The van der Waals surface area contributed by atoms with Crippen LogP contribution in [0.5, 0.6) is 0 Å². The number of oxime groups is 1. The van der Waals surface area contributed by atoms with Gasteiger partial charge in [0.25, 0.3) is 0 Å². The smallest absolute Gasteiger partial charge is 0.356 e. The van der Waals surface area contributed by atoms with Crippen LogP contribution in [0.2, 0.25) is 5.02 Å². The van der Waals surface area contributed by atoms with Crippen LogP contribution in [0.25, 0.3) is 10.9 Å². The monoisotopic (exact) mass is 522 g/mol. The molecule has 0 unspecified atom stereocenters. The van der Waals surface area contributed by atoms with Gasteiger partial charge in [0.15, 0.2) is 5.71 Å². The van der Waals surface area contributed by atoms with E-state index in [2.05, 4.69) is 10.1 Å². The molecule has 0 saturated carbocycles. The van der Waals surface area contributed by atoms with Crippen LogP contribution in [-0.2, 0) is 26.4 Å². The van der Waals surface area contributed by atoms with E-state index in [-0.39, 0.29) is 18.7 Å². The van der Waals surface area contributed by atoms with Gasteiger partial charge in [0.1, 0.15) is 0 Å². The minimum atomic E-state index is -1.11. The number of aromatic nitrogens is 1. The molecule has 0 radical (unpaired) electrons. The highest BCUT2D eigenvalue weighted by atomic mass is 35.5. The number of nitrogens with one attached hydrogen (secondary N) is 1. The SMILES string of the molecule is CCOC(=O)/C(Cc1c[nH]c2ccc(Cl)cc12)=N/OC(c1ccccc1)(c1ccccc1)c1ccccc1. The van der Waals surface area contributed by atoms with E-state index in [9.17, 15) is 4.79 Å². The fourth-order valence-electron chi connectivity index (χ4n) is 4.63. The van der Waals surface area contributed by atoms with Gasteiger partial charge in [-0.05, 0) is 30.7 Å². The van der Waals surface area contributed by atoms with Crippen LogP contribution in [-0.4, -0.2) is 23.3 Å². The van der Waals surface area contributed by atoms with Gasteiger partial charge in [0.2, 0.25) is 5.60 Å². The van der Waals surface area contributed by atoms with Crippen LogP contribution in [0.1, 0.15) is 29.2 Å². The summed E-state index contributed by atoms with van der Waals surface area (Å²) >= 11 is 6.26. The highest BCUT2D eigenvalue weighted by molar-refractivity contribution is 6.37. The van der Waals surface area contributed by atoms with Crippen molar-refractivity contribution in [2.24, 2.45) is 5.16 Å². The molecule has 0 aliphatic carbocycles. The van der Waals surface area contributed by atoms with Gasteiger partial charge in [0.05, 0.1) is 6.61 Å². The van der Waals surface area contributed by atoms with Crippen LogP contribution in [0.3, 0.4) is 0 Å². The first-order valence-corrected chi connectivity index (χ1v) is 12.8. The second kappa shape index (κ2) is 11.4. The van der Waals surface area contributed by atoms with E-state index >= 15 is 0 Å². The maximum absolute atomic E-state index is 13.1. The molecule has 6 heteroatoms. The highest BCUT2D eigenvalue weighted by Gasteiger charge is 2.40. The molecule has 0 bridgehead atoms. The number of hydrogen-bond acceptors (Lipinski definition) is 4. The van der Waals surface area contributed by atoms with Gasteiger partial charge in [-0.2, -0.15) is 0 Å². The van der Waals surface area contributed by atoms with E-state index in [0.29, 0.717) is 5.02 Å². The number of carbonyl (C=O) groups excluding carboxylic acids is 1. The quantitative estimate of drug-likeness (QED) is 0.0956. The number of aromatic amines is 1. The van der Waals surface area contributed by atoms with Gasteiger partial charge >= 0.3 is 5.97 Å². The zero-order chi connectivity index (χ0) is 26.4. The number of benzene rings is 4. The van der Waals surface area contributed by atoms with Gasteiger partial charge in [-0.25, -0.2) is 4.79 Å². The molecule has 1 aromatic heterocycles. The molecule has 0 amide bonds. The molecular weight excluding hydrogens is 496 g/mol. The van der Waals surface area contributed by atoms with Crippen LogP contribution >= 0.6 is 11.6 Å². The fourth-order valence-corrected chi connectivity index (χ4v) is 4.81. The third-order valence-corrected chi connectivity index (χ3v) is 6.67. The minimum Gasteiger partial charge on any atom is -0.461 e. The van der Waals surface area contributed by atoms with E-state index in [1.807, 2.05) is 115 Å². The Hall–Kier alpha value is -4.35. The molecule has 38 heavy (non-hydrogen) atoms. The molecule has 0 atom stereocenters. The van der Waals surface area contributed by atoms with E-state index in [1.165, 1.54) is 0 Å². The van der Waals surface area contributed by atoms with Crippen molar-refractivity contribution in [3.05, 3.63) is 143 Å². The summed E-state index contributed by atoms with van der Waals surface area (Å²) in [4.78, 5) is 22.9. The summed E-state index contributed by atoms with van der Waals surface area (Å²) in [6, 6.07) is 35.3. The van der Waals surface area contributed by atoms with Crippen molar-refractivity contribution in [2.45, 2.75) is 18.9 Å². The minimum absolute atomic E-state index is 0.153. The number of H-pyrrole nitrogens is 1. The normalized spacial score (nSPS) is 11.9. The first kappa shape index (κ1) is 25.3. The molecule has 190 valence electrons. The Morgan fingerprint density at radius 2 is 1.39 bits per heavy atom. The lowest BCUT2D eigenvalue weighted by molar-refractivity contribution is -0.135. The van der Waals surface area contributed by atoms with Crippen LogP contribution in [0.15, 0.2) is 121 Å². The van der Waals surface area contributed by atoms with Gasteiger partial charge in [-0.3, -0.25) is 0 Å². The number of halogens is 1. The van der Waals surface area contributed by atoms with Crippen molar-refractivity contribution in [1.82, 2.24) is 4.98 Å². The predicted octanol–water partition coefficient (Wildman–Crippen LogP) is 7.29. The third-order valence-electron chi connectivity index (χ3n) is 6.43. The number of fused-ring (bicyclic) bond motifs is 1. The number of ether oxygens (including phenoxy) is 1. The lowest BCUT2D eigenvalue weighted by atomic mass is 9.80. The molecule has 0 aliphatic heterocycles. The van der Waals surface area contributed by atoms with Crippen molar-refractivity contribution in [1.29, 1.82) is 0 Å². The third kappa shape index (κ3) is 5.06. The number of nitrogens with zero attached hydrogens (tertiary/aromatic N) is 1. The summed E-state index contributed by atoms with van der Waals surface area (Å²) in [6.07, 6.45) is 2.06. The number of esters is 1. The van der Waals surface area contributed by atoms with Crippen LogP contribution in [0.4, 0.5) is 0 Å². The molecular formula is C32H27ClN2O3. The van der Waals surface area contributed by atoms with Crippen LogP contribution < -0.4 is 0 Å². The Labute approximate surface area is 226 Å². The molecule has 5 rings (SSSR count). The number of hydrogen-bond donors (Lipinski definition) is 1. The van der Waals surface area contributed by atoms with Gasteiger partial charge in [-0.1, -0.05) is 108 Å². The average Bonchev–Trinajstić information content (AvgIpc) is 3.36. The Kier molecular flexibility index (Phi) is 7.57. The Morgan fingerprint density at radius 3 is 1.92 bits per heavy atom. The highest BCUT2D eigenvalue weighted by Crippen LogP contribution is 2.40. The van der Waals surface area contributed by atoms with Gasteiger partial charge in [0, 0.05) is 45.2 Å². The number of rotatable bonds is 9. The van der Waals surface area contributed by atoms with E-state index in [1.54, 1.807) is 6.92 Å². The summed E-state index contributed by atoms with van der Waals surface area (Å²) in [7, 11) is 0. The lowest BCUT2D eigenvalue weighted by Crippen LogP contribution is -2.32. The predicted molar refractivity (Wildman–Crippen MR) is 151 cm³/mol. The standard InChI is InChI=1S/C32H27ClN2O3/c1-2-37-31(36)30(20-23-22-34-29-19-18-27(33)21-28(23)29)35-38-32(24-12-6-3-7-13-24,25-14-8-4-9-15-25)26-16-10-5-11-17-26/h3-19,21-22,34H,2,20H2,1H3/b35-30+. The van der Waals surface area contributed by atoms with E-state index in [4.69, 9.17) is 21.2 Å². The lowest BCUT2D eigenvalue weighted by Gasteiger charge is -2.33. The van der Waals surface area contributed by atoms with Crippen LogP contribution in [0, 0.1) is 0 Å². The molecule has 0 fully saturated rings.